The number of ether oxygens (including phenoxy) is 1. The Bertz CT molecular complexity index is 324. The van der Waals surface area contributed by atoms with E-state index in [0.717, 1.165) is 26.0 Å². The van der Waals surface area contributed by atoms with Crippen LogP contribution in [-0.4, -0.2) is 26.3 Å². The quantitative estimate of drug-likeness (QED) is 0.732. The van der Waals surface area contributed by atoms with Gasteiger partial charge >= 0.3 is 0 Å². The predicted molar refractivity (Wildman–Crippen MR) is 82.8 cm³/mol. The monoisotopic (exact) mass is 263 g/mol. The standard InChI is InChI=1S/C17H29NO/c1-5-11-18-17(10-12-19-4)13-15-6-8-16(9-7-15)14(2)3/h6-9,14,17-18H,5,10-13H2,1-4H3. The Morgan fingerprint density at radius 2 is 1.84 bits per heavy atom. The van der Waals surface area contributed by atoms with Gasteiger partial charge in [-0.3, -0.25) is 0 Å². The maximum Gasteiger partial charge on any atom is 0.0477 e. The second-order valence-corrected chi connectivity index (χ2v) is 5.53. The van der Waals surface area contributed by atoms with Crippen molar-refractivity contribution in [2.45, 2.75) is 52.0 Å². The van der Waals surface area contributed by atoms with Crippen LogP contribution in [-0.2, 0) is 11.2 Å². The molecule has 19 heavy (non-hydrogen) atoms. The molecule has 1 aromatic rings. The fraction of sp³-hybridized carbons (Fsp3) is 0.647. The van der Waals surface area contributed by atoms with Gasteiger partial charge in [-0.05, 0) is 42.9 Å². The molecule has 0 aliphatic carbocycles. The highest BCUT2D eigenvalue weighted by Gasteiger charge is 2.09. The summed E-state index contributed by atoms with van der Waals surface area (Å²) in [6.45, 7) is 8.58. The van der Waals surface area contributed by atoms with E-state index in [4.69, 9.17) is 4.74 Å². The van der Waals surface area contributed by atoms with Gasteiger partial charge in [-0.1, -0.05) is 45.0 Å². The molecule has 0 aromatic heterocycles. The first kappa shape index (κ1) is 16.2. The zero-order valence-electron chi connectivity index (χ0n) is 12.9. The topological polar surface area (TPSA) is 21.3 Å². The summed E-state index contributed by atoms with van der Waals surface area (Å²) in [6, 6.07) is 9.57. The third-order valence-electron chi connectivity index (χ3n) is 3.48. The van der Waals surface area contributed by atoms with Crippen molar-refractivity contribution < 1.29 is 4.74 Å². The van der Waals surface area contributed by atoms with Crippen LogP contribution in [0.5, 0.6) is 0 Å². The van der Waals surface area contributed by atoms with Crippen molar-refractivity contribution in [2.24, 2.45) is 0 Å². The highest BCUT2D eigenvalue weighted by atomic mass is 16.5. The molecular formula is C17H29NO. The Kier molecular flexibility index (Phi) is 7.76. The maximum atomic E-state index is 5.20. The van der Waals surface area contributed by atoms with Crippen molar-refractivity contribution in [3.8, 4) is 0 Å². The normalized spacial score (nSPS) is 12.9. The molecule has 0 amide bonds. The van der Waals surface area contributed by atoms with Gasteiger partial charge < -0.3 is 10.1 Å². The van der Waals surface area contributed by atoms with Gasteiger partial charge in [-0.25, -0.2) is 0 Å². The van der Waals surface area contributed by atoms with Gasteiger partial charge in [-0.2, -0.15) is 0 Å². The van der Waals surface area contributed by atoms with Crippen LogP contribution in [0.25, 0.3) is 0 Å². The summed E-state index contributed by atoms with van der Waals surface area (Å²) in [6.07, 6.45) is 3.33. The van der Waals surface area contributed by atoms with Gasteiger partial charge in [0.25, 0.3) is 0 Å². The molecule has 0 aliphatic rings. The molecule has 1 atom stereocenters. The minimum atomic E-state index is 0.518. The van der Waals surface area contributed by atoms with Crippen LogP contribution in [0.2, 0.25) is 0 Å². The number of rotatable bonds is 9. The van der Waals surface area contributed by atoms with Crippen LogP contribution in [0.3, 0.4) is 0 Å². The lowest BCUT2D eigenvalue weighted by Gasteiger charge is -2.18. The van der Waals surface area contributed by atoms with Crippen LogP contribution < -0.4 is 5.32 Å². The van der Waals surface area contributed by atoms with E-state index in [-0.39, 0.29) is 0 Å². The molecule has 1 rings (SSSR count). The first-order chi connectivity index (χ1) is 9.17. The largest absolute Gasteiger partial charge is 0.385 e. The molecule has 0 bridgehead atoms. The Balaban J connectivity index is 2.56. The Morgan fingerprint density at radius 3 is 2.37 bits per heavy atom. The molecule has 0 heterocycles. The number of hydrogen-bond acceptors (Lipinski definition) is 2. The molecule has 1 aromatic carbocycles. The third-order valence-corrected chi connectivity index (χ3v) is 3.48. The Labute approximate surface area is 118 Å². The number of nitrogens with one attached hydrogen (secondary N) is 1. The molecule has 2 heteroatoms. The van der Waals surface area contributed by atoms with Crippen LogP contribution in [0.1, 0.15) is 50.7 Å². The summed E-state index contributed by atoms with van der Waals surface area (Å²) >= 11 is 0. The average Bonchev–Trinajstić information content (AvgIpc) is 2.42. The second-order valence-electron chi connectivity index (χ2n) is 5.53. The van der Waals surface area contributed by atoms with E-state index in [1.54, 1.807) is 7.11 Å². The lowest BCUT2D eigenvalue weighted by molar-refractivity contribution is 0.182. The zero-order valence-corrected chi connectivity index (χ0v) is 12.9. The minimum Gasteiger partial charge on any atom is -0.385 e. The zero-order chi connectivity index (χ0) is 14.1. The van der Waals surface area contributed by atoms with Gasteiger partial charge in [-0.15, -0.1) is 0 Å². The van der Waals surface area contributed by atoms with E-state index >= 15 is 0 Å². The molecule has 0 saturated heterocycles. The van der Waals surface area contributed by atoms with Crippen LogP contribution in [0.4, 0.5) is 0 Å². The highest BCUT2D eigenvalue weighted by Crippen LogP contribution is 2.16. The molecule has 0 saturated carbocycles. The van der Waals surface area contributed by atoms with Gasteiger partial charge in [0.2, 0.25) is 0 Å². The molecule has 0 radical (unpaired) electrons. The third kappa shape index (κ3) is 6.22. The van der Waals surface area contributed by atoms with Crippen LogP contribution >= 0.6 is 0 Å². The molecule has 1 unspecified atom stereocenters. The minimum absolute atomic E-state index is 0.518. The Hall–Kier alpha value is -0.860. The SMILES string of the molecule is CCCNC(CCOC)Cc1ccc(C(C)C)cc1. The second kappa shape index (κ2) is 9.11. The Morgan fingerprint density at radius 1 is 1.16 bits per heavy atom. The van der Waals surface area contributed by atoms with E-state index in [0.29, 0.717) is 12.0 Å². The van der Waals surface area contributed by atoms with E-state index in [9.17, 15) is 0 Å². The number of methoxy groups -OCH3 is 1. The summed E-state index contributed by atoms with van der Waals surface area (Å²) in [7, 11) is 1.77. The fourth-order valence-electron chi connectivity index (χ4n) is 2.21. The molecule has 108 valence electrons. The summed E-state index contributed by atoms with van der Waals surface area (Å²) in [5, 5.41) is 3.61. The number of hydrogen-bond donors (Lipinski definition) is 1. The average molecular weight is 263 g/mol. The van der Waals surface area contributed by atoms with Crippen molar-refractivity contribution in [1.82, 2.24) is 5.32 Å². The van der Waals surface area contributed by atoms with E-state index in [1.807, 2.05) is 0 Å². The molecule has 0 aliphatic heterocycles. The van der Waals surface area contributed by atoms with E-state index in [2.05, 4.69) is 50.4 Å². The maximum absolute atomic E-state index is 5.20. The molecule has 0 fully saturated rings. The van der Waals surface area contributed by atoms with Gasteiger partial charge in [0, 0.05) is 19.8 Å². The summed E-state index contributed by atoms with van der Waals surface area (Å²) in [4.78, 5) is 0. The predicted octanol–water partition coefficient (Wildman–Crippen LogP) is 3.76. The van der Waals surface area contributed by atoms with Crippen molar-refractivity contribution in [3.05, 3.63) is 35.4 Å². The van der Waals surface area contributed by atoms with E-state index in [1.165, 1.54) is 17.5 Å². The van der Waals surface area contributed by atoms with Crippen LogP contribution in [0.15, 0.2) is 24.3 Å². The first-order valence-electron chi connectivity index (χ1n) is 7.48. The molecule has 2 nitrogen and oxygen atoms in total. The van der Waals surface area contributed by atoms with Gasteiger partial charge in [0.1, 0.15) is 0 Å². The lowest BCUT2D eigenvalue weighted by atomic mass is 9.98. The van der Waals surface area contributed by atoms with Crippen LogP contribution in [0, 0.1) is 0 Å². The summed E-state index contributed by atoms with van der Waals surface area (Å²) in [5.41, 5.74) is 2.83. The van der Waals surface area contributed by atoms with E-state index < -0.39 is 0 Å². The molecule has 0 spiro atoms. The number of benzene rings is 1. The van der Waals surface area contributed by atoms with Gasteiger partial charge in [0.15, 0.2) is 0 Å². The molecule has 1 N–H and O–H groups in total. The van der Waals surface area contributed by atoms with Crippen molar-refractivity contribution in [1.29, 1.82) is 0 Å². The first-order valence-corrected chi connectivity index (χ1v) is 7.48. The van der Waals surface area contributed by atoms with Crippen molar-refractivity contribution in [2.75, 3.05) is 20.3 Å². The fourth-order valence-corrected chi connectivity index (χ4v) is 2.21. The lowest BCUT2D eigenvalue weighted by Crippen LogP contribution is -2.32. The summed E-state index contributed by atoms with van der Waals surface area (Å²) < 4.78 is 5.20. The summed E-state index contributed by atoms with van der Waals surface area (Å²) in [5.74, 6) is 0.608. The smallest absolute Gasteiger partial charge is 0.0477 e. The highest BCUT2D eigenvalue weighted by molar-refractivity contribution is 5.25. The van der Waals surface area contributed by atoms with Crippen molar-refractivity contribution >= 4 is 0 Å². The van der Waals surface area contributed by atoms with Gasteiger partial charge in [0.05, 0.1) is 0 Å². The molecular weight excluding hydrogens is 234 g/mol. The van der Waals surface area contributed by atoms with Crippen molar-refractivity contribution in [3.63, 3.8) is 0 Å².